The average Bonchev–Trinajstić information content (AvgIpc) is 2.71. The molecule has 3 N–H and O–H groups in total. The lowest BCUT2D eigenvalue weighted by atomic mass is 10.2. The maximum Gasteiger partial charge on any atom is 0.333 e. The first-order chi connectivity index (χ1) is 9.54. The molecular formula is C12H17NO7. The van der Waals surface area contributed by atoms with Crippen LogP contribution in [-0.4, -0.2) is 45.2 Å². The van der Waals surface area contributed by atoms with Gasteiger partial charge in [0.1, 0.15) is 0 Å². The summed E-state index contributed by atoms with van der Waals surface area (Å²) in [7, 11) is 0. The van der Waals surface area contributed by atoms with Gasteiger partial charge in [0, 0.05) is 38.0 Å². The Kier molecular flexibility index (Phi) is 6.38. The molecule has 0 spiro atoms. The van der Waals surface area contributed by atoms with E-state index >= 15 is 0 Å². The lowest BCUT2D eigenvalue weighted by molar-refractivity contribution is -0.146. The standard InChI is InChI=1S/C12H17NO7/c14-7-2-8-19-11(17)3-1-4-12(18)20-13-9(15)5-6-10(13)16/h5-6,14-16H,1-4,7-8H2. The molecule has 0 unspecified atom stereocenters. The van der Waals surface area contributed by atoms with Crippen LogP contribution in [0.5, 0.6) is 11.8 Å². The van der Waals surface area contributed by atoms with Gasteiger partial charge in [0.15, 0.2) is 0 Å². The molecule has 0 aliphatic carbocycles. The first-order valence-corrected chi connectivity index (χ1v) is 6.12. The number of aliphatic hydroxyl groups excluding tert-OH is 1. The Morgan fingerprint density at radius 1 is 1.05 bits per heavy atom. The van der Waals surface area contributed by atoms with Gasteiger partial charge >= 0.3 is 11.9 Å². The van der Waals surface area contributed by atoms with Crippen LogP contribution in [0.2, 0.25) is 0 Å². The van der Waals surface area contributed by atoms with Gasteiger partial charge in [0.2, 0.25) is 11.8 Å². The van der Waals surface area contributed by atoms with Crippen LogP contribution in [0.1, 0.15) is 25.7 Å². The van der Waals surface area contributed by atoms with Crippen molar-refractivity contribution in [2.24, 2.45) is 0 Å². The lowest BCUT2D eigenvalue weighted by Gasteiger charge is -2.06. The van der Waals surface area contributed by atoms with Gasteiger partial charge < -0.3 is 24.9 Å². The minimum absolute atomic E-state index is 0.0458. The summed E-state index contributed by atoms with van der Waals surface area (Å²) in [6, 6.07) is 2.34. The van der Waals surface area contributed by atoms with Gasteiger partial charge in [-0.3, -0.25) is 4.79 Å². The third-order valence-corrected chi connectivity index (χ3v) is 2.32. The summed E-state index contributed by atoms with van der Waals surface area (Å²) in [6.07, 6.45) is 0.579. The molecule has 0 bridgehead atoms. The third kappa shape index (κ3) is 5.19. The predicted octanol–water partition coefficient (Wildman–Crippen LogP) is -0.0496. The molecule has 0 saturated carbocycles. The molecule has 20 heavy (non-hydrogen) atoms. The van der Waals surface area contributed by atoms with Crippen LogP contribution < -0.4 is 4.84 Å². The molecule has 8 nitrogen and oxygen atoms in total. The number of hydrogen-bond donors (Lipinski definition) is 3. The largest absolute Gasteiger partial charge is 0.492 e. The van der Waals surface area contributed by atoms with E-state index in [0.29, 0.717) is 11.2 Å². The Balaban J connectivity index is 2.22. The van der Waals surface area contributed by atoms with Crippen molar-refractivity contribution < 1.29 is 34.5 Å². The molecule has 0 fully saturated rings. The summed E-state index contributed by atoms with van der Waals surface area (Å²) in [5.74, 6) is -1.97. The summed E-state index contributed by atoms with van der Waals surface area (Å²) in [5.41, 5.74) is 0. The second kappa shape index (κ2) is 8.05. The Morgan fingerprint density at radius 3 is 2.25 bits per heavy atom. The maximum atomic E-state index is 11.4. The van der Waals surface area contributed by atoms with Gasteiger partial charge in [-0.05, 0) is 6.42 Å². The van der Waals surface area contributed by atoms with Crippen molar-refractivity contribution in [3.05, 3.63) is 12.1 Å². The monoisotopic (exact) mass is 287 g/mol. The smallest absolute Gasteiger partial charge is 0.333 e. The summed E-state index contributed by atoms with van der Waals surface area (Å²) in [5, 5.41) is 27.0. The topological polar surface area (TPSA) is 118 Å². The molecule has 1 rings (SSSR count). The highest BCUT2D eigenvalue weighted by Crippen LogP contribution is 2.18. The number of ether oxygens (including phenoxy) is 1. The van der Waals surface area contributed by atoms with Gasteiger partial charge in [-0.2, -0.15) is 0 Å². The highest BCUT2D eigenvalue weighted by molar-refractivity contribution is 5.72. The SMILES string of the molecule is O=C(CCCC(=O)On1c(O)ccc1O)OCCCO. The predicted molar refractivity (Wildman–Crippen MR) is 65.9 cm³/mol. The van der Waals surface area contributed by atoms with Crippen LogP contribution in [0.4, 0.5) is 0 Å². The number of aromatic nitrogens is 1. The molecular weight excluding hydrogens is 270 g/mol. The summed E-state index contributed by atoms with van der Waals surface area (Å²) < 4.78 is 5.36. The Hall–Kier alpha value is -2.22. The second-order valence-electron chi connectivity index (χ2n) is 3.96. The summed E-state index contributed by atoms with van der Waals surface area (Å²) in [6.45, 7) is 0.0916. The van der Waals surface area contributed by atoms with Crippen molar-refractivity contribution in [1.82, 2.24) is 4.73 Å². The molecule has 0 aliphatic heterocycles. The normalized spacial score (nSPS) is 10.2. The Bertz CT molecular complexity index is 435. The fourth-order valence-corrected chi connectivity index (χ4v) is 1.34. The van der Waals surface area contributed by atoms with Crippen LogP contribution in [0.15, 0.2) is 12.1 Å². The molecule has 0 aromatic carbocycles. The van der Waals surface area contributed by atoms with Gasteiger partial charge in [-0.15, -0.1) is 4.73 Å². The van der Waals surface area contributed by atoms with Gasteiger partial charge in [0.25, 0.3) is 0 Å². The zero-order chi connectivity index (χ0) is 15.0. The van der Waals surface area contributed by atoms with E-state index in [-0.39, 0.29) is 32.5 Å². The highest BCUT2D eigenvalue weighted by atomic mass is 16.7. The summed E-state index contributed by atoms with van der Waals surface area (Å²) in [4.78, 5) is 27.3. The fourth-order valence-electron chi connectivity index (χ4n) is 1.34. The van der Waals surface area contributed by atoms with Crippen molar-refractivity contribution in [2.75, 3.05) is 13.2 Å². The van der Waals surface area contributed by atoms with E-state index in [1.807, 2.05) is 0 Å². The van der Waals surface area contributed by atoms with Crippen LogP contribution in [-0.2, 0) is 14.3 Å². The number of esters is 1. The highest BCUT2D eigenvalue weighted by Gasteiger charge is 2.13. The molecule has 112 valence electrons. The number of carbonyl (C=O) groups is 2. The van der Waals surface area contributed by atoms with E-state index in [4.69, 9.17) is 9.84 Å². The van der Waals surface area contributed by atoms with E-state index in [0.717, 1.165) is 0 Å². The number of nitrogens with zero attached hydrogens (tertiary/aromatic N) is 1. The van der Waals surface area contributed by atoms with Crippen LogP contribution >= 0.6 is 0 Å². The summed E-state index contributed by atoms with van der Waals surface area (Å²) >= 11 is 0. The van der Waals surface area contributed by atoms with Crippen LogP contribution in [0.3, 0.4) is 0 Å². The molecule has 0 saturated heterocycles. The van der Waals surface area contributed by atoms with Crippen LogP contribution in [0, 0.1) is 0 Å². The molecule has 0 amide bonds. The molecule has 0 aliphatic rings. The molecule has 0 radical (unpaired) electrons. The molecule has 1 aromatic rings. The first kappa shape index (κ1) is 15.8. The maximum absolute atomic E-state index is 11.4. The fraction of sp³-hybridized carbons (Fsp3) is 0.500. The molecule has 1 aromatic heterocycles. The van der Waals surface area contributed by atoms with Gasteiger partial charge in [-0.25, -0.2) is 4.79 Å². The number of carbonyl (C=O) groups excluding carboxylic acids is 2. The second-order valence-corrected chi connectivity index (χ2v) is 3.96. The quantitative estimate of drug-likeness (QED) is 0.453. The van der Waals surface area contributed by atoms with Gasteiger partial charge in [-0.1, -0.05) is 0 Å². The van der Waals surface area contributed by atoms with E-state index in [2.05, 4.69) is 4.84 Å². The van der Waals surface area contributed by atoms with E-state index in [1.54, 1.807) is 0 Å². The zero-order valence-corrected chi connectivity index (χ0v) is 10.8. The number of rotatable bonds is 8. The van der Waals surface area contributed by atoms with Crippen LogP contribution in [0.25, 0.3) is 0 Å². The zero-order valence-electron chi connectivity index (χ0n) is 10.8. The Morgan fingerprint density at radius 2 is 1.65 bits per heavy atom. The average molecular weight is 287 g/mol. The lowest BCUT2D eigenvalue weighted by Crippen LogP contribution is -2.19. The van der Waals surface area contributed by atoms with Crippen molar-refractivity contribution in [3.8, 4) is 11.8 Å². The number of aliphatic hydroxyl groups is 1. The first-order valence-electron chi connectivity index (χ1n) is 6.12. The number of aromatic hydroxyl groups is 2. The minimum atomic E-state index is -0.699. The van der Waals surface area contributed by atoms with E-state index < -0.39 is 23.7 Å². The van der Waals surface area contributed by atoms with Crippen molar-refractivity contribution >= 4 is 11.9 Å². The van der Waals surface area contributed by atoms with E-state index in [9.17, 15) is 19.8 Å². The molecule has 8 heteroatoms. The van der Waals surface area contributed by atoms with Crippen molar-refractivity contribution in [2.45, 2.75) is 25.7 Å². The van der Waals surface area contributed by atoms with Gasteiger partial charge in [0.05, 0.1) is 6.61 Å². The van der Waals surface area contributed by atoms with Crippen molar-refractivity contribution in [1.29, 1.82) is 0 Å². The molecule has 0 atom stereocenters. The Labute approximate surface area is 115 Å². The molecule has 1 heterocycles. The minimum Gasteiger partial charge on any atom is -0.492 e. The van der Waals surface area contributed by atoms with E-state index in [1.165, 1.54) is 12.1 Å². The number of hydrogen-bond acceptors (Lipinski definition) is 7. The van der Waals surface area contributed by atoms with Crippen molar-refractivity contribution in [3.63, 3.8) is 0 Å². The third-order valence-electron chi connectivity index (χ3n) is 2.32.